The third-order valence-electron chi connectivity index (χ3n) is 2.81. The summed E-state index contributed by atoms with van der Waals surface area (Å²) in [5.74, 6) is 0.0113. The van der Waals surface area contributed by atoms with Crippen molar-refractivity contribution in [3.05, 3.63) is 48.0 Å². The highest BCUT2D eigenvalue weighted by molar-refractivity contribution is 7.81. The van der Waals surface area contributed by atoms with E-state index in [1.165, 1.54) is 18.2 Å². The van der Waals surface area contributed by atoms with Gasteiger partial charge in [-0.2, -0.15) is 4.21 Å². The molecule has 0 bridgehead atoms. The van der Waals surface area contributed by atoms with E-state index in [1.807, 2.05) is 19.1 Å². The molecule has 0 aliphatic carbocycles. The van der Waals surface area contributed by atoms with Crippen LogP contribution in [0, 0.1) is 6.92 Å². The monoisotopic (exact) mass is 342 g/mol. The molecule has 0 amide bonds. The van der Waals surface area contributed by atoms with Crippen LogP contribution in [0.4, 0.5) is 17.1 Å². The highest BCUT2D eigenvalue weighted by atomic mass is 32.2. The van der Waals surface area contributed by atoms with Gasteiger partial charge in [-0.3, -0.25) is 9.11 Å². The predicted molar refractivity (Wildman–Crippen MR) is 86.3 cm³/mol. The predicted octanol–water partition coefficient (Wildman–Crippen LogP) is 2.37. The van der Waals surface area contributed by atoms with Gasteiger partial charge in [0.2, 0.25) is 0 Å². The van der Waals surface area contributed by atoms with Gasteiger partial charge in [-0.15, -0.1) is 0 Å². The smallest absolute Gasteiger partial charge is 0.357 e. The lowest BCUT2D eigenvalue weighted by Gasteiger charge is -2.21. The summed E-state index contributed by atoms with van der Waals surface area (Å²) in [6, 6.07) is 11.2. The fourth-order valence-electron chi connectivity index (χ4n) is 1.82. The Kier molecular flexibility index (Phi) is 5.14. The summed E-state index contributed by atoms with van der Waals surface area (Å²) < 4.78 is 46.3. The number of nitrogens with zero attached hydrogens (tertiary/aromatic N) is 1. The number of rotatable bonds is 5. The average Bonchev–Trinajstić information content (AvgIpc) is 2.43. The van der Waals surface area contributed by atoms with Gasteiger partial charge in [0.05, 0.1) is 17.1 Å². The lowest BCUT2D eigenvalue weighted by molar-refractivity contribution is 0.459. The van der Waals surface area contributed by atoms with Crippen LogP contribution in [-0.2, 0) is 22.6 Å². The number of anilines is 3. The molecule has 2 aromatic carbocycles. The number of aryl methyl sites for hydroxylation is 1. The summed E-state index contributed by atoms with van der Waals surface area (Å²) in [4.78, 5) is 0. The van der Waals surface area contributed by atoms with E-state index in [4.69, 9.17) is 10.3 Å². The van der Waals surface area contributed by atoms with E-state index in [0.29, 0.717) is 11.4 Å². The van der Waals surface area contributed by atoms with Crippen molar-refractivity contribution in [2.45, 2.75) is 6.92 Å². The number of hydrogen-bond acceptors (Lipinski definition) is 4. The first-order valence-electron chi connectivity index (χ1n) is 6.05. The summed E-state index contributed by atoms with van der Waals surface area (Å²) in [6.07, 6.45) is 0. The Morgan fingerprint density at radius 3 is 2.14 bits per heavy atom. The maximum Gasteiger partial charge on any atom is 0.357 e. The summed E-state index contributed by atoms with van der Waals surface area (Å²) in [7, 11) is 0. The molecule has 22 heavy (non-hydrogen) atoms. The van der Waals surface area contributed by atoms with Crippen molar-refractivity contribution in [2.75, 3.05) is 10.0 Å². The lowest BCUT2D eigenvalue weighted by Crippen LogP contribution is -2.19. The lowest BCUT2D eigenvalue weighted by atomic mass is 10.2. The highest BCUT2D eigenvalue weighted by Crippen LogP contribution is 2.32. The molecule has 0 aromatic heterocycles. The molecule has 0 spiro atoms. The van der Waals surface area contributed by atoms with E-state index >= 15 is 0 Å². The fraction of sp³-hybridized carbons (Fsp3) is 0.0769. The molecular formula is C13H14N2O5S2. The second-order valence-electron chi connectivity index (χ2n) is 4.38. The fourth-order valence-corrected chi connectivity index (χ4v) is 2.73. The number of nitrogen functional groups attached to an aromatic ring is 1. The van der Waals surface area contributed by atoms with Crippen LogP contribution in [-0.4, -0.2) is 17.5 Å². The van der Waals surface area contributed by atoms with E-state index in [1.54, 1.807) is 12.1 Å². The molecule has 9 heteroatoms. The zero-order valence-electron chi connectivity index (χ0n) is 11.5. The van der Waals surface area contributed by atoms with Gasteiger partial charge in [0.1, 0.15) is 0 Å². The van der Waals surface area contributed by atoms with E-state index in [2.05, 4.69) is 4.18 Å². The Labute approximate surface area is 132 Å². The molecule has 0 aliphatic heterocycles. The minimum Gasteiger partial charge on any atom is -0.396 e. The Balaban J connectivity index is 2.41. The van der Waals surface area contributed by atoms with Crippen LogP contribution < -0.4 is 14.2 Å². The minimum atomic E-state index is -2.49. The third kappa shape index (κ3) is 3.83. The van der Waals surface area contributed by atoms with Gasteiger partial charge in [-0.05, 0) is 37.3 Å². The molecule has 2 aromatic rings. The maximum absolute atomic E-state index is 11.6. The summed E-state index contributed by atoms with van der Waals surface area (Å²) in [5, 5.41) is 0. The van der Waals surface area contributed by atoms with E-state index in [-0.39, 0.29) is 11.4 Å². The molecule has 118 valence electrons. The van der Waals surface area contributed by atoms with Crippen LogP contribution >= 0.6 is 0 Å². The molecule has 2 unspecified atom stereocenters. The summed E-state index contributed by atoms with van der Waals surface area (Å²) in [6.45, 7) is 1.91. The Bertz CT molecular complexity index is 721. The van der Waals surface area contributed by atoms with Crippen LogP contribution in [0.2, 0.25) is 0 Å². The van der Waals surface area contributed by atoms with Gasteiger partial charge in [-0.1, -0.05) is 17.7 Å². The van der Waals surface area contributed by atoms with Gasteiger partial charge in [-0.25, -0.2) is 8.51 Å². The van der Waals surface area contributed by atoms with Gasteiger partial charge >= 0.3 is 11.4 Å². The molecule has 0 saturated heterocycles. The first kappa shape index (κ1) is 16.4. The Morgan fingerprint density at radius 1 is 1.05 bits per heavy atom. The Hall–Kier alpha value is -1.94. The largest absolute Gasteiger partial charge is 0.396 e. The standard InChI is InChI=1S/C13H14N2O5S2/c1-9-2-4-10(5-3-9)15(21(16)17)11-6-7-13(12(14)8-11)20-22(18)19/h2-8H,14H2,1H3,(H,16,17)(H,18,19). The van der Waals surface area contributed by atoms with Gasteiger partial charge in [0, 0.05) is 0 Å². The quantitative estimate of drug-likeness (QED) is 0.568. The zero-order chi connectivity index (χ0) is 16.3. The van der Waals surface area contributed by atoms with Crippen LogP contribution in [0.25, 0.3) is 0 Å². The van der Waals surface area contributed by atoms with Crippen molar-refractivity contribution >= 4 is 39.7 Å². The van der Waals surface area contributed by atoms with Gasteiger partial charge < -0.3 is 9.92 Å². The first-order chi connectivity index (χ1) is 10.4. The molecule has 2 rings (SSSR count). The van der Waals surface area contributed by atoms with Crippen LogP contribution in [0.5, 0.6) is 5.75 Å². The molecule has 0 heterocycles. The van der Waals surface area contributed by atoms with Crippen LogP contribution in [0.1, 0.15) is 5.56 Å². The molecule has 2 atom stereocenters. The van der Waals surface area contributed by atoms with Crippen molar-refractivity contribution in [3.63, 3.8) is 0 Å². The molecule has 4 N–H and O–H groups in total. The van der Waals surface area contributed by atoms with E-state index in [0.717, 1.165) is 9.87 Å². The molecule has 0 fully saturated rings. The van der Waals surface area contributed by atoms with Crippen LogP contribution in [0.3, 0.4) is 0 Å². The summed E-state index contributed by atoms with van der Waals surface area (Å²) >= 11 is -4.80. The second kappa shape index (κ2) is 6.88. The Morgan fingerprint density at radius 2 is 1.64 bits per heavy atom. The first-order valence-corrected chi connectivity index (χ1v) is 8.14. The number of hydrogen-bond donors (Lipinski definition) is 3. The van der Waals surface area contributed by atoms with E-state index in [9.17, 15) is 13.0 Å². The molecule has 0 saturated carbocycles. The minimum absolute atomic E-state index is 0.0113. The SMILES string of the molecule is Cc1ccc(N(c2ccc(OS(=O)O)c(N)c2)S(=O)O)cc1. The molecule has 0 radical (unpaired) electrons. The zero-order valence-corrected chi connectivity index (χ0v) is 13.1. The van der Waals surface area contributed by atoms with Crippen molar-refractivity contribution in [2.24, 2.45) is 0 Å². The number of nitrogens with two attached hydrogens (primary N) is 1. The third-order valence-corrected chi connectivity index (χ3v) is 3.87. The molecule has 0 aliphatic rings. The molecular weight excluding hydrogens is 328 g/mol. The maximum atomic E-state index is 11.6. The van der Waals surface area contributed by atoms with Crippen molar-refractivity contribution in [1.29, 1.82) is 0 Å². The van der Waals surface area contributed by atoms with Gasteiger partial charge in [0.25, 0.3) is 11.3 Å². The van der Waals surface area contributed by atoms with Crippen molar-refractivity contribution < 1.29 is 21.7 Å². The second-order valence-corrected chi connectivity index (χ2v) is 5.81. The average molecular weight is 342 g/mol. The van der Waals surface area contributed by atoms with Gasteiger partial charge in [0.15, 0.2) is 5.75 Å². The summed E-state index contributed by atoms with van der Waals surface area (Å²) in [5.41, 5.74) is 7.67. The normalized spacial score (nSPS) is 13.4. The van der Waals surface area contributed by atoms with Crippen molar-refractivity contribution in [3.8, 4) is 5.75 Å². The topological polar surface area (TPSA) is 113 Å². The number of benzene rings is 2. The van der Waals surface area contributed by atoms with E-state index < -0.39 is 22.6 Å². The highest BCUT2D eigenvalue weighted by Gasteiger charge is 2.17. The van der Waals surface area contributed by atoms with Crippen LogP contribution in [0.15, 0.2) is 42.5 Å². The van der Waals surface area contributed by atoms with Crippen molar-refractivity contribution in [1.82, 2.24) is 0 Å². The molecule has 7 nitrogen and oxygen atoms in total.